The highest BCUT2D eigenvalue weighted by Gasteiger charge is 2.12. The number of rotatable bonds is 5. The maximum Gasteiger partial charge on any atom is 0.0367 e. The monoisotopic (exact) mass is 398 g/mol. The first-order valence-electron chi connectivity index (χ1n) is 3.12. The Balaban J connectivity index is 3.31. The van der Waals surface area contributed by atoms with Crippen LogP contribution in [0.25, 0.3) is 0 Å². The van der Waals surface area contributed by atoms with E-state index in [-0.39, 0.29) is 0 Å². The molecular weight excluding hydrogens is 392 g/mol. The lowest BCUT2D eigenvalue weighted by Crippen LogP contribution is -2.14. The Morgan fingerprint density at radius 1 is 1.00 bits per heavy atom. The van der Waals surface area contributed by atoms with E-state index in [9.17, 15) is 0 Å². The van der Waals surface area contributed by atoms with Gasteiger partial charge in [0.1, 0.15) is 0 Å². The standard InChI is InChI=1S/C6H10Br4/c7-3-1-2-5(9)6(10)4-8/h5-6H,1-4H2. The topological polar surface area (TPSA) is 0 Å². The van der Waals surface area contributed by atoms with Crippen molar-refractivity contribution in [3.8, 4) is 0 Å². The lowest BCUT2D eigenvalue weighted by molar-refractivity contribution is 0.760. The molecule has 0 aliphatic heterocycles. The first-order valence-corrected chi connectivity index (χ1v) is 7.20. The molecule has 0 heterocycles. The Morgan fingerprint density at radius 3 is 2.00 bits per heavy atom. The molecule has 0 radical (unpaired) electrons. The third kappa shape index (κ3) is 5.56. The quantitative estimate of drug-likeness (QED) is 0.609. The molecule has 62 valence electrons. The van der Waals surface area contributed by atoms with E-state index < -0.39 is 0 Å². The third-order valence-electron chi connectivity index (χ3n) is 1.15. The fraction of sp³-hybridized carbons (Fsp3) is 1.00. The number of hydrogen-bond donors (Lipinski definition) is 0. The fourth-order valence-electron chi connectivity index (χ4n) is 0.550. The molecule has 2 atom stereocenters. The average molecular weight is 402 g/mol. The predicted molar refractivity (Wildman–Crippen MR) is 62.3 cm³/mol. The lowest BCUT2D eigenvalue weighted by atomic mass is 10.2. The maximum atomic E-state index is 3.61. The zero-order valence-corrected chi connectivity index (χ0v) is 11.8. The van der Waals surface area contributed by atoms with Crippen LogP contribution in [0.1, 0.15) is 12.8 Å². The molecule has 0 aromatic carbocycles. The summed E-state index contributed by atoms with van der Waals surface area (Å²) in [5.41, 5.74) is 0. The largest absolute Gasteiger partial charge is 0.0928 e. The van der Waals surface area contributed by atoms with Gasteiger partial charge >= 0.3 is 0 Å². The van der Waals surface area contributed by atoms with Crippen LogP contribution in [0.15, 0.2) is 0 Å². The highest BCUT2D eigenvalue weighted by atomic mass is 79.9. The van der Waals surface area contributed by atoms with Crippen molar-refractivity contribution < 1.29 is 0 Å². The molecule has 0 nitrogen and oxygen atoms in total. The van der Waals surface area contributed by atoms with Gasteiger partial charge in [-0.1, -0.05) is 63.7 Å². The zero-order chi connectivity index (χ0) is 7.98. The Labute approximate surface area is 96.0 Å². The van der Waals surface area contributed by atoms with E-state index in [2.05, 4.69) is 63.7 Å². The Hall–Kier alpha value is 1.92. The van der Waals surface area contributed by atoms with Gasteiger partial charge in [0.15, 0.2) is 0 Å². The molecule has 0 N–H and O–H groups in total. The van der Waals surface area contributed by atoms with Crippen LogP contribution in [0.3, 0.4) is 0 Å². The van der Waals surface area contributed by atoms with Gasteiger partial charge in [-0.25, -0.2) is 0 Å². The van der Waals surface area contributed by atoms with Gasteiger partial charge in [0.25, 0.3) is 0 Å². The second-order valence-electron chi connectivity index (χ2n) is 2.02. The van der Waals surface area contributed by atoms with Gasteiger partial charge < -0.3 is 0 Å². The molecule has 0 fully saturated rings. The van der Waals surface area contributed by atoms with Gasteiger partial charge in [0.05, 0.1) is 0 Å². The van der Waals surface area contributed by atoms with Crippen molar-refractivity contribution >= 4 is 63.7 Å². The highest BCUT2D eigenvalue weighted by molar-refractivity contribution is 9.13. The molecule has 0 saturated heterocycles. The van der Waals surface area contributed by atoms with Crippen LogP contribution in [0.2, 0.25) is 0 Å². The first kappa shape index (κ1) is 11.9. The molecule has 0 rings (SSSR count). The van der Waals surface area contributed by atoms with Crippen LogP contribution in [0.4, 0.5) is 0 Å². The van der Waals surface area contributed by atoms with Crippen LogP contribution >= 0.6 is 63.7 Å². The van der Waals surface area contributed by atoms with Gasteiger partial charge in [0, 0.05) is 20.3 Å². The van der Waals surface area contributed by atoms with Gasteiger partial charge in [-0.3, -0.25) is 0 Å². The Morgan fingerprint density at radius 2 is 1.60 bits per heavy atom. The van der Waals surface area contributed by atoms with E-state index in [0.29, 0.717) is 9.65 Å². The molecule has 0 aromatic rings. The van der Waals surface area contributed by atoms with Crippen molar-refractivity contribution in [2.75, 3.05) is 10.7 Å². The third-order valence-corrected chi connectivity index (χ3v) is 6.05. The van der Waals surface area contributed by atoms with Crippen LogP contribution in [0.5, 0.6) is 0 Å². The molecule has 4 heteroatoms. The fourth-order valence-corrected chi connectivity index (χ4v) is 2.60. The van der Waals surface area contributed by atoms with Crippen molar-refractivity contribution in [2.45, 2.75) is 22.5 Å². The van der Waals surface area contributed by atoms with Crippen molar-refractivity contribution in [2.24, 2.45) is 0 Å². The van der Waals surface area contributed by atoms with Gasteiger partial charge in [-0.05, 0) is 12.8 Å². The van der Waals surface area contributed by atoms with Crippen LogP contribution in [-0.2, 0) is 0 Å². The molecule has 0 spiro atoms. The molecule has 2 unspecified atom stereocenters. The second-order valence-corrected chi connectivity index (χ2v) is 5.81. The summed E-state index contributed by atoms with van der Waals surface area (Å²) in [5.74, 6) is 0. The predicted octanol–water partition coefficient (Wildman–Crippen LogP) is 4.08. The second kappa shape index (κ2) is 7.56. The summed E-state index contributed by atoms with van der Waals surface area (Å²) in [5, 5.41) is 2.10. The summed E-state index contributed by atoms with van der Waals surface area (Å²) in [6, 6.07) is 0. The van der Waals surface area contributed by atoms with Crippen molar-refractivity contribution in [3.63, 3.8) is 0 Å². The van der Waals surface area contributed by atoms with Gasteiger partial charge in [-0.2, -0.15) is 0 Å². The molecule has 0 bridgehead atoms. The SMILES string of the molecule is BrCCCC(Br)C(Br)CBr. The molecule has 0 aliphatic rings. The summed E-state index contributed by atoms with van der Waals surface area (Å²) in [4.78, 5) is 1.14. The molecule has 10 heavy (non-hydrogen) atoms. The smallest absolute Gasteiger partial charge is 0.0367 e. The van der Waals surface area contributed by atoms with Gasteiger partial charge in [-0.15, -0.1) is 0 Å². The summed E-state index contributed by atoms with van der Waals surface area (Å²) in [6.07, 6.45) is 2.44. The molecule has 0 aliphatic carbocycles. The van der Waals surface area contributed by atoms with Crippen molar-refractivity contribution in [3.05, 3.63) is 0 Å². The van der Waals surface area contributed by atoms with E-state index >= 15 is 0 Å². The molecule has 0 amide bonds. The van der Waals surface area contributed by atoms with E-state index in [1.807, 2.05) is 0 Å². The maximum absolute atomic E-state index is 3.61. The number of hydrogen-bond acceptors (Lipinski definition) is 0. The van der Waals surface area contributed by atoms with Crippen LogP contribution < -0.4 is 0 Å². The average Bonchev–Trinajstić information content (AvgIpc) is 1.98. The molecule has 0 saturated carbocycles. The summed E-state index contributed by atoms with van der Waals surface area (Å²) in [6.45, 7) is 0. The Kier molecular flexibility index (Phi) is 9.02. The number of halogens is 4. The van der Waals surface area contributed by atoms with E-state index in [4.69, 9.17) is 0 Å². The van der Waals surface area contributed by atoms with E-state index in [0.717, 1.165) is 10.7 Å². The minimum atomic E-state index is 0.548. The van der Waals surface area contributed by atoms with Gasteiger partial charge in [0.2, 0.25) is 0 Å². The van der Waals surface area contributed by atoms with Crippen LogP contribution in [0, 0.1) is 0 Å². The van der Waals surface area contributed by atoms with Crippen LogP contribution in [-0.4, -0.2) is 20.3 Å². The summed E-state index contributed by atoms with van der Waals surface area (Å²) >= 11 is 14.0. The minimum absolute atomic E-state index is 0.548. The normalized spacial score (nSPS) is 16.8. The first-order chi connectivity index (χ1) is 4.72. The zero-order valence-electron chi connectivity index (χ0n) is 5.49. The minimum Gasteiger partial charge on any atom is -0.0928 e. The summed E-state index contributed by atoms with van der Waals surface area (Å²) < 4.78 is 0. The molecular formula is C6H10Br4. The van der Waals surface area contributed by atoms with Crippen molar-refractivity contribution in [1.29, 1.82) is 0 Å². The van der Waals surface area contributed by atoms with E-state index in [1.165, 1.54) is 12.8 Å². The summed E-state index contributed by atoms with van der Waals surface area (Å²) in [7, 11) is 0. The van der Waals surface area contributed by atoms with E-state index in [1.54, 1.807) is 0 Å². The highest BCUT2D eigenvalue weighted by Crippen LogP contribution is 2.21. The molecule has 0 aromatic heterocycles. The van der Waals surface area contributed by atoms with Crippen molar-refractivity contribution in [1.82, 2.24) is 0 Å². The lowest BCUT2D eigenvalue weighted by Gasteiger charge is -2.12. The number of alkyl halides is 4. The Bertz CT molecular complexity index is 76.1.